The minimum absolute atomic E-state index is 0.115. The number of piperidine rings is 3. The number of hydrogen-bond donors (Lipinski definition) is 1. The molecule has 2 aromatic heterocycles. The number of nitrogens with one attached hydrogen (secondary N) is 1. The molecule has 1 N–H and O–H groups in total. The molecule has 2 bridgehead atoms. The van der Waals surface area contributed by atoms with Crippen molar-refractivity contribution in [3.8, 4) is 0 Å². The van der Waals surface area contributed by atoms with Gasteiger partial charge in [-0.1, -0.05) is 23.2 Å². The molecule has 1 aromatic carbocycles. The first-order chi connectivity index (χ1) is 16.9. The van der Waals surface area contributed by atoms with Crippen molar-refractivity contribution in [2.24, 2.45) is 5.92 Å². The summed E-state index contributed by atoms with van der Waals surface area (Å²) in [4.78, 5) is 41.5. The second kappa shape index (κ2) is 9.64. The average molecular weight is 514 g/mol. The van der Waals surface area contributed by atoms with Crippen molar-refractivity contribution >= 4 is 46.4 Å². The van der Waals surface area contributed by atoms with Gasteiger partial charge in [0.1, 0.15) is 0 Å². The number of hydrogen-bond acceptors (Lipinski definition) is 5. The van der Waals surface area contributed by atoms with Gasteiger partial charge in [-0.15, -0.1) is 0 Å². The standard InChI is InChI=1S/C26H25Cl2N3O4/c1-2-35-26(34)18-13-23(24(32)16-3-4-19(27)20(28)11-16)31-10-7-17(12-22(18)31)25(33)29-21-14-30-8-5-15(21)6-9-30/h3-4,7,10-13,15,21H,2,5-6,8-9,14H2,1H3,(H,29,33)/t21-/m0/s1. The first-order valence-electron chi connectivity index (χ1n) is 11.7. The molecule has 0 unspecified atom stereocenters. The van der Waals surface area contributed by atoms with Crippen molar-refractivity contribution in [2.45, 2.75) is 25.8 Å². The molecular weight excluding hydrogens is 489 g/mol. The SMILES string of the molecule is CCOC(=O)c1cc(C(=O)c2ccc(Cl)c(Cl)c2)n2ccc(C(=O)N[C@H]3CN4CCC3CC4)cc12. The number of halogens is 2. The van der Waals surface area contributed by atoms with Crippen LogP contribution in [0.3, 0.4) is 0 Å². The topological polar surface area (TPSA) is 80.1 Å². The van der Waals surface area contributed by atoms with Crippen LogP contribution in [0.2, 0.25) is 10.0 Å². The van der Waals surface area contributed by atoms with Gasteiger partial charge < -0.3 is 19.4 Å². The summed E-state index contributed by atoms with van der Waals surface area (Å²) < 4.78 is 6.82. The number of amides is 1. The largest absolute Gasteiger partial charge is 0.462 e. The minimum atomic E-state index is -0.562. The van der Waals surface area contributed by atoms with Crippen LogP contribution in [0.5, 0.6) is 0 Å². The highest BCUT2D eigenvalue weighted by Gasteiger charge is 2.35. The van der Waals surface area contributed by atoms with Gasteiger partial charge in [-0.3, -0.25) is 9.59 Å². The van der Waals surface area contributed by atoms with E-state index in [0.29, 0.717) is 27.6 Å². The normalized spacial score (nSPS) is 21.2. The lowest BCUT2D eigenvalue weighted by Crippen LogP contribution is -2.57. The summed E-state index contributed by atoms with van der Waals surface area (Å²) in [7, 11) is 0. The number of carbonyl (C=O) groups is 3. The summed E-state index contributed by atoms with van der Waals surface area (Å²) in [6, 6.07) is 9.52. The van der Waals surface area contributed by atoms with Gasteiger partial charge in [0, 0.05) is 29.9 Å². The van der Waals surface area contributed by atoms with Gasteiger partial charge in [-0.2, -0.15) is 0 Å². The Bertz CT molecular complexity index is 1330. The molecule has 1 amide bonds. The van der Waals surface area contributed by atoms with Gasteiger partial charge in [-0.25, -0.2) is 4.79 Å². The van der Waals surface area contributed by atoms with Crippen molar-refractivity contribution in [3.05, 3.63) is 75.0 Å². The molecule has 1 atom stereocenters. The molecule has 3 aliphatic heterocycles. The highest BCUT2D eigenvalue weighted by atomic mass is 35.5. The van der Waals surface area contributed by atoms with E-state index in [0.717, 1.165) is 32.5 Å². The van der Waals surface area contributed by atoms with Crippen LogP contribution in [0.15, 0.2) is 42.6 Å². The van der Waals surface area contributed by atoms with Gasteiger partial charge in [0.15, 0.2) is 0 Å². The van der Waals surface area contributed by atoms with Crippen molar-refractivity contribution in [1.29, 1.82) is 0 Å². The summed E-state index contributed by atoms with van der Waals surface area (Å²) in [6.45, 7) is 4.94. The first-order valence-corrected chi connectivity index (χ1v) is 12.5. The third-order valence-electron chi connectivity index (χ3n) is 6.92. The maximum atomic E-state index is 13.3. The maximum absolute atomic E-state index is 13.3. The van der Waals surface area contributed by atoms with E-state index in [1.54, 1.807) is 41.8 Å². The zero-order valence-electron chi connectivity index (χ0n) is 19.2. The Kier molecular flexibility index (Phi) is 6.57. The highest BCUT2D eigenvalue weighted by molar-refractivity contribution is 6.42. The fourth-order valence-electron chi connectivity index (χ4n) is 5.05. The fraction of sp³-hybridized carbons (Fsp3) is 0.346. The van der Waals surface area contributed by atoms with Crippen LogP contribution in [-0.2, 0) is 4.74 Å². The van der Waals surface area contributed by atoms with E-state index in [1.807, 2.05) is 0 Å². The zero-order valence-corrected chi connectivity index (χ0v) is 20.7. The average Bonchev–Trinajstić information content (AvgIpc) is 3.25. The Labute approximate surface area is 212 Å². The molecule has 182 valence electrons. The van der Waals surface area contributed by atoms with Crippen molar-refractivity contribution in [1.82, 2.24) is 14.6 Å². The number of carbonyl (C=O) groups excluding carboxylic acids is 3. The summed E-state index contributed by atoms with van der Waals surface area (Å²) in [5.74, 6) is -0.599. The number of pyridine rings is 1. The van der Waals surface area contributed by atoms with Crippen molar-refractivity contribution in [2.75, 3.05) is 26.2 Å². The molecule has 0 saturated carbocycles. The Morgan fingerprint density at radius 3 is 2.46 bits per heavy atom. The van der Waals surface area contributed by atoms with E-state index >= 15 is 0 Å². The predicted octanol–water partition coefficient (Wildman–Crippen LogP) is 4.48. The molecule has 9 heteroatoms. The summed E-state index contributed by atoms with van der Waals surface area (Å²) in [5, 5.41) is 3.77. The van der Waals surface area contributed by atoms with Gasteiger partial charge >= 0.3 is 5.97 Å². The molecule has 0 radical (unpaired) electrons. The summed E-state index contributed by atoms with van der Waals surface area (Å²) >= 11 is 12.1. The zero-order chi connectivity index (χ0) is 24.7. The minimum Gasteiger partial charge on any atom is -0.462 e. The van der Waals surface area contributed by atoms with E-state index in [4.69, 9.17) is 27.9 Å². The third kappa shape index (κ3) is 4.56. The van der Waals surface area contributed by atoms with Crippen LogP contribution in [0.4, 0.5) is 0 Å². The monoisotopic (exact) mass is 513 g/mol. The molecule has 7 nitrogen and oxygen atoms in total. The van der Waals surface area contributed by atoms with Gasteiger partial charge in [0.2, 0.25) is 5.78 Å². The van der Waals surface area contributed by atoms with Crippen molar-refractivity contribution in [3.63, 3.8) is 0 Å². The third-order valence-corrected chi connectivity index (χ3v) is 7.66. The van der Waals surface area contributed by atoms with E-state index in [2.05, 4.69) is 10.2 Å². The number of ether oxygens (including phenoxy) is 1. The molecule has 3 aromatic rings. The molecule has 35 heavy (non-hydrogen) atoms. The smallest absolute Gasteiger partial charge is 0.340 e. The molecule has 6 rings (SSSR count). The molecule has 0 spiro atoms. The lowest BCUT2D eigenvalue weighted by Gasteiger charge is -2.44. The van der Waals surface area contributed by atoms with Crippen LogP contribution < -0.4 is 5.32 Å². The molecular formula is C26H25Cl2N3O4. The van der Waals surface area contributed by atoms with Gasteiger partial charge in [0.05, 0.1) is 33.4 Å². The van der Waals surface area contributed by atoms with Gasteiger partial charge in [0.25, 0.3) is 5.91 Å². The lowest BCUT2D eigenvalue weighted by molar-refractivity contribution is 0.0528. The van der Waals surface area contributed by atoms with E-state index in [-0.39, 0.29) is 40.6 Å². The Balaban J connectivity index is 1.50. The molecule has 5 heterocycles. The van der Waals surface area contributed by atoms with Crippen LogP contribution in [0.25, 0.3) is 5.52 Å². The fourth-order valence-corrected chi connectivity index (χ4v) is 5.35. The number of rotatable bonds is 6. The Hall–Kier alpha value is -2.87. The van der Waals surface area contributed by atoms with Gasteiger partial charge in [-0.05, 0) is 75.2 Å². The Morgan fingerprint density at radius 1 is 1.03 bits per heavy atom. The summed E-state index contributed by atoms with van der Waals surface area (Å²) in [6.07, 6.45) is 3.82. The quantitative estimate of drug-likeness (QED) is 0.388. The molecule has 0 aliphatic carbocycles. The van der Waals surface area contributed by atoms with Crippen LogP contribution in [0, 0.1) is 5.92 Å². The number of esters is 1. The van der Waals surface area contributed by atoms with Crippen LogP contribution in [0.1, 0.15) is 56.5 Å². The van der Waals surface area contributed by atoms with Crippen molar-refractivity contribution < 1.29 is 19.1 Å². The maximum Gasteiger partial charge on any atom is 0.340 e. The predicted molar refractivity (Wildman–Crippen MR) is 134 cm³/mol. The van der Waals surface area contributed by atoms with Crippen LogP contribution >= 0.6 is 23.2 Å². The number of aromatic nitrogens is 1. The van der Waals surface area contributed by atoms with E-state index in [1.165, 1.54) is 12.1 Å². The highest BCUT2D eigenvalue weighted by Crippen LogP contribution is 2.29. The van der Waals surface area contributed by atoms with E-state index in [9.17, 15) is 14.4 Å². The molecule has 3 saturated heterocycles. The molecule has 3 fully saturated rings. The lowest BCUT2D eigenvalue weighted by atomic mass is 9.84. The number of benzene rings is 1. The summed E-state index contributed by atoms with van der Waals surface area (Å²) in [5.41, 5.74) is 1.65. The van der Waals surface area contributed by atoms with Crippen LogP contribution in [-0.4, -0.2) is 59.2 Å². The number of ketones is 1. The molecule has 3 aliphatic rings. The first kappa shape index (κ1) is 23.9. The second-order valence-electron chi connectivity index (χ2n) is 9.01. The number of nitrogens with zero attached hydrogens (tertiary/aromatic N) is 2. The van der Waals surface area contributed by atoms with E-state index < -0.39 is 5.97 Å². The second-order valence-corrected chi connectivity index (χ2v) is 9.82. The Morgan fingerprint density at radius 2 is 1.80 bits per heavy atom. The number of fused-ring (bicyclic) bond motifs is 4.